The summed E-state index contributed by atoms with van der Waals surface area (Å²) in [7, 11) is -1.39. The topological polar surface area (TPSA) is 17.1 Å². The van der Waals surface area contributed by atoms with Gasteiger partial charge in [0.1, 0.15) is 0 Å². The average molecular weight is 256 g/mol. The Bertz CT molecular complexity index is 330. The Morgan fingerprint density at radius 2 is 2.00 bits per heavy atom. The van der Waals surface area contributed by atoms with Crippen molar-refractivity contribution < 1.29 is 4.79 Å². The number of Topliss-reactive ketones (excluding diaryl/α,β-unsaturated/α-hetero) is 1. The van der Waals surface area contributed by atoms with Crippen molar-refractivity contribution in [3.8, 4) is 0 Å². The molecule has 2 saturated heterocycles. The average Bonchev–Trinajstić information content (AvgIpc) is 2.14. The first kappa shape index (κ1) is 13.5. The summed E-state index contributed by atoms with van der Waals surface area (Å²) in [5, 5.41) is 0.834. The molecule has 100 valence electrons. The Labute approximate surface area is 107 Å². The molecule has 0 N–H and O–H groups in total. The molecule has 2 heterocycles. The first-order chi connectivity index (χ1) is 7.73. The monoisotopic (exact) mass is 256 g/mol. The van der Waals surface area contributed by atoms with E-state index in [9.17, 15) is 4.79 Å². The Hall–Kier alpha value is 0.100. The molecule has 2 atom stereocenters. The summed E-state index contributed by atoms with van der Waals surface area (Å²) in [5.41, 5.74) is 0.898. The molecule has 2 unspecified atom stereocenters. The van der Waals surface area contributed by atoms with E-state index in [0.29, 0.717) is 16.1 Å². The summed E-state index contributed by atoms with van der Waals surface area (Å²) in [4.78, 5) is 11.9. The van der Waals surface area contributed by atoms with Crippen LogP contribution in [0, 0.1) is 0 Å². The number of ketones is 1. The Morgan fingerprint density at radius 1 is 1.35 bits per heavy atom. The van der Waals surface area contributed by atoms with Gasteiger partial charge in [0.25, 0.3) is 0 Å². The fraction of sp³-hybridized carbons (Fsp3) is 0.933. The molecule has 2 aliphatic rings. The van der Waals surface area contributed by atoms with Gasteiger partial charge in [0.2, 0.25) is 0 Å². The molecule has 0 spiro atoms. The molecule has 2 heteroatoms. The van der Waals surface area contributed by atoms with E-state index in [1.54, 1.807) is 0 Å². The molecule has 0 aromatic rings. The molecule has 2 aliphatic heterocycles. The van der Waals surface area contributed by atoms with Crippen LogP contribution in [0.1, 0.15) is 66.7 Å². The zero-order valence-corrected chi connectivity index (χ0v) is 13.2. The molecule has 0 radical (unpaired) electrons. The SMILES string of the molecule is CC1CCCC2(C)CC(=O)CC[PH]12C(C)(C)C. The van der Waals surface area contributed by atoms with Crippen molar-refractivity contribution in [2.24, 2.45) is 0 Å². The molecule has 0 amide bonds. The quantitative estimate of drug-likeness (QED) is 0.593. The van der Waals surface area contributed by atoms with Crippen molar-refractivity contribution in [3.05, 3.63) is 0 Å². The van der Waals surface area contributed by atoms with E-state index in [1.165, 1.54) is 25.4 Å². The first-order valence-corrected chi connectivity index (χ1v) is 9.53. The van der Waals surface area contributed by atoms with Gasteiger partial charge in [-0.1, -0.05) is 0 Å². The van der Waals surface area contributed by atoms with Crippen LogP contribution >= 0.6 is 7.26 Å². The van der Waals surface area contributed by atoms with Crippen molar-refractivity contribution in [1.82, 2.24) is 0 Å². The summed E-state index contributed by atoms with van der Waals surface area (Å²) < 4.78 is 0. The van der Waals surface area contributed by atoms with E-state index in [1.807, 2.05) is 0 Å². The third-order valence-corrected chi connectivity index (χ3v) is 14.3. The van der Waals surface area contributed by atoms with Crippen LogP contribution in [0.2, 0.25) is 0 Å². The van der Waals surface area contributed by atoms with Crippen LogP contribution in [0.15, 0.2) is 0 Å². The van der Waals surface area contributed by atoms with Gasteiger partial charge < -0.3 is 0 Å². The fourth-order valence-corrected chi connectivity index (χ4v) is 14.4. The van der Waals surface area contributed by atoms with E-state index in [-0.39, 0.29) is 0 Å². The van der Waals surface area contributed by atoms with E-state index < -0.39 is 7.26 Å². The standard InChI is InChI=1S/C15H29OP/c1-12-7-6-9-15(5)11-13(16)8-10-17(12,15)14(2,3)4/h12,17H,6-11H2,1-5H3. The molecule has 2 fully saturated rings. The molecule has 0 aliphatic carbocycles. The number of rotatable bonds is 0. The van der Waals surface area contributed by atoms with Crippen LogP contribution in [0.25, 0.3) is 0 Å². The van der Waals surface area contributed by atoms with E-state index in [0.717, 1.165) is 18.5 Å². The van der Waals surface area contributed by atoms with Gasteiger partial charge in [-0.05, 0) is 0 Å². The predicted octanol–water partition coefficient (Wildman–Crippen LogP) is 4.23. The van der Waals surface area contributed by atoms with Crippen LogP contribution < -0.4 is 0 Å². The van der Waals surface area contributed by atoms with Gasteiger partial charge in [-0.25, -0.2) is 0 Å². The molecule has 0 bridgehead atoms. The number of hydrogen-bond donors (Lipinski definition) is 0. The first-order valence-electron chi connectivity index (χ1n) is 7.25. The maximum absolute atomic E-state index is 11.9. The van der Waals surface area contributed by atoms with Crippen LogP contribution in [-0.4, -0.2) is 27.9 Å². The van der Waals surface area contributed by atoms with Crippen LogP contribution in [0.3, 0.4) is 0 Å². The van der Waals surface area contributed by atoms with Crippen LogP contribution in [-0.2, 0) is 4.79 Å². The summed E-state index contributed by atoms with van der Waals surface area (Å²) in [6.07, 6.45) is 7.09. The van der Waals surface area contributed by atoms with Gasteiger partial charge in [0.05, 0.1) is 0 Å². The third kappa shape index (κ3) is 1.81. The van der Waals surface area contributed by atoms with Gasteiger partial charge in [0.15, 0.2) is 0 Å². The second-order valence-electron chi connectivity index (χ2n) is 7.79. The van der Waals surface area contributed by atoms with Crippen molar-refractivity contribution in [1.29, 1.82) is 0 Å². The summed E-state index contributed by atoms with van der Waals surface area (Å²) in [6.45, 7) is 12.3. The van der Waals surface area contributed by atoms with Crippen LogP contribution in [0.4, 0.5) is 0 Å². The molecular formula is C15H29OP. The Morgan fingerprint density at radius 3 is 2.59 bits per heavy atom. The Kier molecular flexibility index (Phi) is 3.22. The maximum atomic E-state index is 11.9. The molecule has 1 nitrogen and oxygen atoms in total. The molecule has 0 saturated carbocycles. The summed E-state index contributed by atoms with van der Waals surface area (Å²) >= 11 is 0. The number of carbonyl (C=O) groups excluding carboxylic acids is 1. The van der Waals surface area contributed by atoms with Crippen molar-refractivity contribution in [3.63, 3.8) is 0 Å². The van der Waals surface area contributed by atoms with Crippen LogP contribution in [0.5, 0.6) is 0 Å². The second kappa shape index (κ2) is 4.05. The van der Waals surface area contributed by atoms with E-state index in [4.69, 9.17) is 0 Å². The molecule has 17 heavy (non-hydrogen) atoms. The van der Waals surface area contributed by atoms with Gasteiger partial charge in [-0.3, -0.25) is 0 Å². The third-order valence-electron chi connectivity index (χ3n) is 6.01. The van der Waals surface area contributed by atoms with Gasteiger partial charge >= 0.3 is 107 Å². The molecule has 2 rings (SSSR count). The predicted molar refractivity (Wildman–Crippen MR) is 78.9 cm³/mol. The molecular weight excluding hydrogens is 227 g/mol. The summed E-state index contributed by atoms with van der Waals surface area (Å²) in [6, 6.07) is 0. The normalized spacial score (nSPS) is 39.6. The minimum atomic E-state index is -1.39. The number of carbonyl (C=O) groups is 1. The minimum absolute atomic E-state index is 0.387. The van der Waals surface area contributed by atoms with Crippen molar-refractivity contribution >= 4 is 13.0 Å². The molecule has 0 aromatic heterocycles. The van der Waals surface area contributed by atoms with Gasteiger partial charge in [-0.15, -0.1) is 0 Å². The second-order valence-corrected chi connectivity index (χ2v) is 13.9. The van der Waals surface area contributed by atoms with E-state index in [2.05, 4.69) is 34.6 Å². The fourth-order valence-electron chi connectivity index (χ4n) is 5.54. The van der Waals surface area contributed by atoms with Gasteiger partial charge in [-0.2, -0.15) is 0 Å². The Balaban J connectivity index is 2.49. The number of fused-ring (bicyclic) bond motifs is 1. The van der Waals surface area contributed by atoms with Crippen molar-refractivity contribution in [2.45, 2.75) is 82.7 Å². The zero-order valence-electron chi connectivity index (χ0n) is 12.2. The van der Waals surface area contributed by atoms with Gasteiger partial charge in [0, 0.05) is 0 Å². The zero-order chi connectivity index (χ0) is 12.9. The van der Waals surface area contributed by atoms with E-state index >= 15 is 0 Å². The van der Waals surface area contributed by atoms with Crippen molar-refractivity contribution in [2.75, 3.05) is 6.16 Å². The molecule has 0 aromatic carbocycles. The number of hydrogen-bond acceptors (Lipinski definition) is 1. The summed E-state index contributed by atoms with van der Waals surface area (Å²) in [5.74, 6) is 0.536.